The van der Waals surface area contributed by atoms with E-state index >= 15 is 0 Å². The summed E-state index contributed by atoms with van der Waals surface area (Å²) in [5.74, 6) is 0. The average molecular weight is 294 g/mol. The van der Waals surface area contributed by atoms with E-state index in [-0.39, 0.29) is 0 Å². The van der Waals surface area contributed by atoms with Crippen molar-refractivity contribution in [2.24, 2.45) is 0 Å². The van der Waals surface area contributed by atoms with Crippen LogP contribution in [0.1, 0.15) is 30.9 Å². The highest BCUT2D eigenvalue weighted by atomic mass is 15.1. The molecule has 22 heavy (non-hydrogen) atoms. The van der Waals surface area contributed by atoms with Crippen LogP contribution in [0, 0.1) is 0 Å². The number of nitrogens with zero attached hydrogens (tertiary/aromatic N) is 1. The number of likely N-dealkylation sites (tertiary alicyclic amines) is 1. The Labute approximate surface area is 134 Å². The molecule has 3 rings (SSSR count). The maximum absolute atomic E-state index is 3.71. The van der Waals surface area contributed by atoms with Crippen molar-refractivity contribution in [2.45, 2.75) is 38.8 Å². The highest BCUT2D eigenvalue weighted by Gasteiger charge is 2.19. The summed E-state index contributed by atoms with van der Waals surface area (Å²) in [4.78, 5) is 2.57. The molecule has 0 atom stereocenters. The van der Waals surface area contributed by atoms with Crippen LogP contribution in [-0.4, -0.2) is 24.0 Å². The molecule has 2 aromatic carbocycles. The number of piperidine rings is 1. The van der Waals surface area contributed by atoms with E-state index < -0.39 is 0 Å². The Kier molecular flexibility index (Phi) is 5.12. The number of hydrogen-bond donors (Lipinski definition) is 1. The monoisotopic (exact) mass is 294 g/mol. The van der Waals surface area contributed by atoms with Gasteiger partial charge in [-0.1, -0.05) is 49.4 Å². The Morgan fingerprint density at radius 3 is 2.41 bits per heavy atom. The lowest BCUT2D eigenvalue weighted by Crippen LogP contribution is -2.38. The predicted molar refractivity (Wildman–Crippen MR) is 94.2 cm³/mol. The van der Waals surface area contributed by atoms with Crippen LogP contribution in [0.15, 0.2) is 54.6 Å². The molecule has 2 heteroatoms. The second kappa shape index (κ2) is 7.46. The maximum Gasteiger partial charge on any atom is 0.0345 e. The molecule has 1 N–H and O–H groups in total. The summed E-state index contributed by atoms with van der Waals surface area (Å²) in [6.07, 6.45) is 3.55. The van der Waals surface area contributed by atoms with E-state index in [0.717, 1.165) is 13.0 Å². The molecule has 0 unspecified atom stereocenters. The molecule has 1 aliphatic rings. The van der Waals surface area contributed by atoms with Gasteiger partial charge in [0.05, 0.1) is 0 Å². The summed E-state index contributed by atoms with van der Waals surface area (Å²) in [6.45, 7) is 5.65. The van der Waals surface area contributed by atoms with Gasteiger partial charge in [-0.15, -0.1) is 0 Å². The first-order chi connectivity index (χ1) is 10.8. The minimum Gasteiger partial charge on any atom is -0.382 e. The molecule has 0 amide bonds. The number of hydrogen-bond acceptors (Lipinski definition) is 2. The molecular formula is C20H26N2. The van der Waals surface area contributed by atoms with Crippen molar-refractivity contribution in [1.29, 1.82) is 0 Å². The molecule has 1 fully saturated rings. The summed E-state index contributed by atoms with van der Waals surface area (Å²) in [6, 6.07) is 20.2. The van der Waals surface area contributed by atoms with E-state index in [0.29, 0.717) is 6.04 Å². The number of rotatable bonds is 5. The van der Waals surface area contributed by atoms with Gasteiger partial charge < -0.3 is 5.32 Å². The Morgan fingerprint density at radius 1 is 0.955 bits per heavy atom. The minimum absolute atomic E-state index is 0.610. The largest absolute Gasteiger partial charge is 0.382 e. The second-order valence-corrected chi connectivity index (χ2v) is 6.23. The van der Waals surface area contributed by atoms with Gasteiger partial charge in [0.1, 0.15) is 0 Å². The van der Waals surface area contributed by atoms with Crippen LogP contribution in [-0.2, 0) is 13.0 Å². The molecule has 0 bridgehead atoms. The fourth-order valence-electron chi connectivity index (χ4n) is 3.19. The van der Waals surface area contributed by atoms with E-state index in [2.05, 4.69) is 71.7 Å². The van der Waals surface area contributed by atoms with Crippen molar-refractivity contribution in [2.75, 3.05) is 18.4 Å². The van der Waals surface area contributed by atoms with Crippen molar-refractivity contribution in [3.8, 4) is 0 Å². The van der Waals surface area contributed by atoms with Crippen molar-refractivity contribution in [3.63, 3.8) is 0 Å². The standard InChI is InChI=1S/C20H26N2/c1-2-17-9-6-10-20(15-17)21-19-11-13-22(14-12-19)16-18-7-4-3-5-8-18/h3-10,15,19,21H,2,11-14,16H2,1H3. The number of nitrogens with one attached hydrogen (secondary N) is 1. The average Bonchev–Trinajstić information content (AvgIpc) is 2.58. The van der Waals surface area contributed by atoms with Crippen molar-refractivity contribution >= 4 is 5.69 Å². The van der Waals surface area contributed by atoms with Crippen LogP contribution in [0.4, 0.5) is 5.69 Å². The van der Waals surface area contributed by atoms with Crippen LogP contribution in [0.2, 0.25) is 0 Å². The molecule has 0 aromatic heterocycles. The first-order valence-electron chi connectivity index (χ1n) is 8.45. The van der Waals surface area contributed by atoms with Gasteiger partial charge in [-0.25, -0.2) is 0 Å². The zero-order chi connectivity index (χ0) is 15.2. The molecular weight excluding hydrogens is 268 g/mol. The van der Waals surface area contributed by atoms with Crippen LogP contribution in [0.3, 0.4) is 0 Å². The Morgan fingerprint density at radius 2 is 1.68 bits per heavy atom. The van der Waals surface area contributed by atoms with Crippen LogP contribution >= 0.6 is 0 Å². The van der Waals surface area contributed by atoms with Crippen molar-refractivity contribution < 1.29 is 0 Å². The van der Waals surface area contributed by atoms with Gasteiger partial charge in [0.15, 0.2) is 0 Å². The fourth-order valence-corrected chi connectivity index (χ4v) is 3.19. The minimum atomic E-state index is 0.610. The molecule has 1 saturated heterocycles. The predicted octanol–water partition coefficient (Wildman–Crippen LogP) is 4.33. The van der Waals surface area contributed by atoms with Crippen molar-refractivity contribution in [3.05, 3.63) is 65.7 Å². The van der Waals surface area contributed by atoms with Gasteiger partial charge >= 0.3 is 0 Å². The zero-order valence-electron chi connectivity index (χ0n) is 13.5. The molecule has 0 radical (unpaired) electrons. The molecule has 0 spiro atoms. The first kappa shape index (κ1) is 15.1. The van der Waals surface area contributed by atoms with Crippen LogP contribution < -0.4 is 5.32 Å². The molecule has 116 valence electrons. The summed E-state index contributed by atoms with van der Waals surface area (Å²) in [7, 11) is 0. The van der Waals surface area contributed by atoms with Gasteiger partial charge in [0.2, 0.25) is 0 Å². The third-order valence-electron chi connectivity index (χ3n) is 4.54. The van der Waals surface area contributed by atoms with Crippen LogP contribution in [0.5, 0.6) is 0 Å². The molecule has 0 aliphatic carbocycles. The van der Waals surface area contributed by atoms with E-state index in [9.17, 15) is 0 Å². The second-order valence-electron chi connectivity index (χ2n) is 6.23. The summed E-state index contributed by atoms with van der Waals surface area (Å²) >= 11 is 0. The highest BCUT2D eigenvalue weighted by molar-refractivity contribution is 5.46. The van der Waals surface area contributed by atoms with Gasteiger partial charge in [-0.05, 0) is 42.5 Å². The van der Waals surface area contributed by atoms with Crippen LogP contribution in [0.25, 0.3) is 0 Å². The quantitative estimate of drug-likeness (QED) is 0.883. The summed E-state index contributed by atoms with van der Waals surface area (Å²) < 4.78 is 0. The molecule has 2 nitrogen and oxygen atoms in total. The van der Waals surface area contributed by atoms with Gasteiger partial charge in [-0.2, -0.15) is 0 Å². The molecule has 2 aromatic rings. The molecule has 1 heterocycles. The lowest BCUT2D eigenvalue weighted by molar-refractivity contribution is 0.211. The Bertz CT molecular complexity index is 571. The topological polar surface area (TPSA) is 15.3 Å². The highest BCUT2D eigenvalue weighted by Crippen LogP contribution is 2.19. The van der Waals surface area contributed by atoms with E-state index in [4.69, 9.17) is 0 Å². The summed E-state index contributed by atoms with van der Waals surface area (Å²) in [5.41, 5.74) is 4.11. The lowest BCUT2D eigenvalue weighted by atomic mass is 10.0. The van der Waals surface area contributed by atoms with E-state index in [1.54, 1.807) is 0 Å². The lowest BCUT2D eigenvalue weighted by Gasteiger charge is -2.33. The fraction of sp³-hybridized carbons (Fsp3) is 0.400. The van der Waals surface area contributed by atoms with E-state index in [1.807, 2.05) is 0 Å². The van der Waals surface area contributed by atoms with Gasteiger partial charge in [0, 0.05) is 31.4 Å². The maximum atomic E-state index is 3.71. The third kappa shape index (κ3) is 4.11. The number of anilines is 1. The van der Waals surface area contributed by atoms with E-state index in [1.165, 1.54) is 42.7 Å². The number of benzene rings is 2. The van der Waals surface area contributed by atoms with Gasteiger partial charge in [0.25, 0.3) is 0 Å². The zero-order valence-corrected chi connectivity index (χ0v) is 13.5. The third-order valence-corrected chi connectivity index (χ3v) is 4.54. The van der Waals surface area contributed by atoms with Gasteiger partial charge in [-0.3, -0.25) is 4.90 Å². The normalized spacial score (nSPS) is 16.6. The van der Waals surface area contributed by atoms with Crippen molar-refractivity contribution in [1.82, 2.24) is 4.90 Å². The smallest absolute Gasteiger partial charge is 0.0345 e. The molecule has 0 saturated carbocycles. The Hall–Kier alpha value is -1.80. The first-order valence-corrected chi connectivity index (χ1v) is 8.45. The SMILES string of the molecule is CCc1cccc(NC2CCN(Cc3ccccc3)CC2)c1. The molecule has 1 aliphatic heterocycles. The summed E-state index contributed by atoms with van der Waals surface area (Å²) in [5, 5.41) is 3.71. The Balaban J connectivity index is 1.49. The number of aryl methyl sites for hydroxylation is 1.